The number of benzene rings is 1. The number of nitrogens with zero attached hydrogens (tertiary/aromatic N) is 2. The number of hydrogen-bond acceptors (Lipinski definition) is 5. The van der Waals surface area contributed by atoms with Crippen molar-refractivity contribution in [2.75, 3.05) is 18.9 Å². The molecule has 2 aromatic rings. The molecule has 1 heterocycles. The minimum atomic E-state index is -4.12. The maximum Gasteiger partial charge on any atom is 0.266 e. The third kappa shape index (κ3) is 3.07. The van der Waals surface area contributed by atoms with Gasteiger partial charge in [-0.15, -0.1) is 0 Å². The van der Waals surface area contributed by atoms with Crippen LogP contribution in [0.15, 0.2) is 29.3 Å². The first-order valence-corrected chi connectivity index (χ1v) is 7.29. The van der Waals surface area contributed by atoms with Gasteiger partial charge in [0.05, 0.1) is 14.2 Å². The molecule has 0 atom stereocenters. The molecule has 114 valence electrons. The number of halogens is 1. The van der Waals surface area contributed by atoms with Gasteiger partial charge in [0.15, 0.2) is 17.3 Å². The molecule has 0 fully saturated rings. The first-order valence-electron chi connectivity index (χ1n) is 5.81. The van der Waals surface area contributed by atoms with Gasteiger partial charge in [0.25, 0.3) is 10.0 Å². The number of rotatable bonds is 5. The maximum absolute atomic E-state index is 14.0. The number of hydrogen-bond donors (Lipinski definition) is 1. The summed E-state index contributed by atoms with van der Waals surface area (Å²) in [5.74, 6) is -0.644. The average molecular weight is 315 g/mol. The molecule has 0 aliphatic rings. The smallest absolute Gasteiger partial charge is 0.266 e. The highest BCUT2D eigenvalue weighted by atomic mass is 32.2. The lowest BCUT2D eigenvalue weighted by molar-refractivity contribution is 0.350. The first-order chi connectivity index (χ1) is 9.87. The molecule has 2 rings (SSSR count). The van der Waals surface area contributed by atoms with Crippen molar-refractivity contribution in [1.82, 2.24) is 9.78 Å². The number of sulfonamides is 1. The molecular formula is C12H14FN3O4S. The predicted octanol–water partition coefficient (Wildman–Crippen LogP) is 1.38. The number of methoxy groups -OCH3 is 2. The van der Waals surface area contributed by atoms with Crippen LogP contribution in [0.25, 0.3) is 0 Å². The van der Waals surface area contributed by atoms with Crippen LogP contribution in [0, 0.1) is 5.82 Å². The summed E-state index contributed by atoms with van der Waals surface area (Å²) in [7, 11) is 0.172. The van der Waals surface area contributed by atoms with Gasteiger partial charge < -0.3 is 9.47 Å². The van der Waals surface area contributed by atoms with Gasteiger partial charge >= 0.3 is 0 Å². The number of anilines is 1. The molecule has 0 bridgehead atoms. The SMILES string of the molecule is COc1cc(F)c(S(=O)(=O)Nc2ccn(C)n2)cc1OC. The number of aryl methyl sites for hydroxylation is 1. The van der Waals surface area contributed by atoms with Crippen molar-refractivity contribution in [2.24, 2.45) is 7.05 Å². The second kappa shape index (κ2) is 5.60. The van der Waals surface area contributed by atoms with Gasteiger partial charge in [-0.2, -0.15) is 5.10 Å². The Hall–Kier alpha value is -2.29. The number of ether oxygens (including phenoxy) is 2. The normalized spacial score (nSPS) is 11.2. The quantitative estimate of drug-likeness (QED) is 0.901. The van der Waals surface area contributed by atoms with Gasteiger partial charge in [-0.3, -0.25) is 9.40 Å². The molecule has 1 aromatic heterocycles. The molecule has 0 saturated heterocycles. The highest BCUT2D eigenvalue weighted by Crippen LogP contribution is 2.32. The standard InChI is InChI=1S/C12H14FN3O4S/c1-16-5-4-12(14-16)15-21(17,18)11-7-10(20-3)9(19-2)6-8(11)13/h4-7H,1-3H3,(H,14,15). The van der Waals surface area contributed by atoms with Crippen molar-refractivity contribution in [3.8, 4) is 11.5 Å². The fraction of sp³-hybridized carbons (Fsp3) is 0.250. The van der Waals surface area contributed by atoms with E-state index in [9.17, 15) is 12.8 Å². The van der Waals surface area contributed by atoms with Gasteiger partial charge in [-0.25, -0.2) is 12.8 Å². The maximum atomic E-state index is 14.0. The third-order valence-corrected chi connectivity index (χ3v) is 4.05. The van der Waals surface area contributed by atoms with Crippen molar-refractivity contribution >= 4 is 15.8 Å². The Morgan fingerprint density at radius 3 is 2.38 bits per heavy atom. The Labute approximate surface area is 121 Å². The van der Waals surface area contributed by atoms with E-state index >= 15 is 0 Å². The molecule has 0 radical (unpaired) electrons. The lowest BCUT2D eigenvalue weighted by atomic mass is 10.3. The minimum Gasteiger partial charge on any atom is -0.493 e. The van der Waals surface area contributed by atoms with Gasteiger partial charge in [0.2, 0.25) is 0 Å². The monoisotopic (exact) mass is 315 g/mol. The molecule has 0 aliphatic carbocycles. The summed E-state index contributed by atoms with van der Waals surface area (Å²) in [4.78, 5) is -0.550. The molecule has 21 heavy (non-hydrogen) atoms. The zero-order valence-electron chi connectivity index (χ0n) is 11.6. The minimum absolute atomic E-state index is 0.0895. The molecule has 0 aliphatic heterocycles. The van der Waals surface area contributed by atoms with Crippen LogP contribution in [0.3, 0.4) is 0 Å². The Bertz CT molecular complexity index is 758. The van der Waals surface area contributed by atoms with Crippen LogP contribution in [-0.2, 0) is 17.1 Å². The second-order valence-electron chi connectivity index (χ2n) is 4.12. The summed E-state index contributed by atoms with van der Waals surface area (Å²) >= 11 is 0. The third-order valence-electron chi connectivity index (χ3n) is 2.68. The second-order valence-corrected chi connectivity index (χ2v) is 5.77. The summed E-state index contributed by atoms with van der Waals surface area (Å²) in [6.07, 6.45) is 1.56. The van der Waals surface area contributed by atoms with Crippen LogP contribution in [0.5, 0.6) is 11.5 Å². The number of nitrogens with one attached hydrogen (secondary N) is 1. The summed E-state index contributed by atoms with van der Waals surface area (Å²) in [6.45, 7) is 0. The Morgan fingerprint density at radius 1 is 1.24 bits per heavy atom. The Balaban J connectivity index is 2.44. The van der Waals surface area contributed by atoms with Crippen LogP contribution in [-0.4, -0.2) is 32.4 Å². The van der Waals surface area contributed by atoms with E-state index < -0.39 is 20.7 Å². The van der Waals surface area contributed by atoms with Crippen LogP contribution < -0.4 is 14.2 Å². The molecule has 0 saturated carbocycles. The van der Waals surface area contributed by atoms with Crippen molar-refractivity contribution in [3.63, 3.8) is 0 Å². The van der Waals surface area contributed by atoms with E-state index in [-0.39, 0.29) is 17.3 Å². The summed E-state index contributed by atoms with van der Waals surface area (Å²) in [5.41, 5.74) is 0. The zero-order valence-corrected chi connectivity index (χ0v) is 12.4. The van der Waals surface area contributed by atoms with Gasteiger partial charge in [-0.1, -0.05) is 0 Å². The van der Waals surface area contributed by atoms with Gasteiger partial charge in [0.1, 0.15) is 10.7 Å². The van der Waals surface area contributed by atoms with E-state index in [4.69, 9.17) is 9.47 Å². The van der Waals surface area contributed by atoms with E-state index in [0.29, 0.717) is 0 Å². The number of aromatic nitrogens is 2. The molecule has 0 spiro atoms. The first kappa shape index (κ1) is 15.1. The average Bonchev–Trinajstić information content (AvgIpc) is 2.82. The fourth-order valence-corrected chi connectivity index (χ4v) is 2.78. The molecule has 1 N–H and O–H groups in total. The summed E-state index contributed by atoms with van der Waals surface area (Å²) < 4.78 is 51.9. The van der Waals surface area contributed by atoms with E-state index in [1.54, 1.807) is 13.2 Å². The van der Waals surface area contributed by atoms with Crippen LogP contribution >= 0.6 is 0 Å². The van der Waals surface area contributed by atoms with Crippen molar-refractivity contribution in [3.05, 3.63) is 30.2 Å². The summed E-state index contributed by atoms with van der Waals surface area (Å²) in [5, 5.41) is 3.88. The van der Waals surface area contributed by atoms with E-state index in [1.807, 2.05) is 0 Å². The lowest BCUT2D eigenvalue weighted by Gasteiger charge is -2.11. The zero-order chi connectivity index (χ0) is 15.6. The Morgan fingerprint density at radius 2 is 1.86 bits per heavy atom. The van der Waals surface area contributed by atoms with Crippen LogP contribution in [0.1, 0.15) is 0 Å². The fourth-order valence-electron chi connectivity index (χ4n) is 1.70. The van der Waals surface area contributed by atoms with Gasteiger partial charge in [0, 0.05) is 31.4 Å². The molecular weight excluding hydrogens is 301 g/mol. The van der Waals surface area contributed by atoms with Crippen molar-refractivity contribution in [2.45, 2.75) is 4.90 Å². The molecule has 0 unspecified atom stereocenters. The van der Waals surface area contributed by atoms with Gasteiger partial charge in [-0.05, 0) is 0 Å². The van der Waals surface area contributed by atoms with Crippen LogP contribution in [0.4, 0.5) is 10.2 Å². The van der Waals surface area contributed by atoms with Crippen molar-refractivity contribution < 1.29 is 22.3 Å². The predicted molar refractivity (Wildman–Crippen MR) is 73.5 cm³/mol. The topological polar surface area (TPSA) is 82.5 Å². The summed E-state index contributed by atoms with van der Waals surface area (Å²) in [6, 6.07) is 3.46. The molecule has 1 aromatic carbocycles. The molecule has 9 heteroatoms. The van der Waals surface area contributed by atoms with E-state index in [2.05, 4.69) is 9.82 Å². The molecule has 0 amide bonds. The van der Waals surface area contributed by atoms with Crippen LogP contribution in [0.2, 0.25) is 0 Å². The van der Waals surface area contributed by atoms with Crippen molar-refractivity contribution in [1.29, 1.82) is 0 Å². The van der Waals surface area contributed by atoms with E-state index in [1.165, 1.54) is 25.0 Å². The highest BCUT2D eigenvalue weighted by molar-refractivity contribution is 7.92. The largest absolute Gasteiger partial charge is 0.493 e. The highest BCUT2D eigenvalue weighted by Gasteiger charge is 2.23. The lowest BCUT2D eigenvalue weighted by Crippen LogP contribution is -2.15. The Kier molecular flexibility index (Phi) is 4.03. The molecule has 7 nitrogen and oxygen atoms in total. The van der Waals surface area contributed by atoms with E-state index in [0.717, 1.165) is 12.1 Å².